The van der Waals surface area contributed by atoms with E-state index in [1.165, 1.54) is 0 Å². The Morgan fingerprint density at radius 1 is 1.04 bits per heavy atom. The molecule has 0 saturated heterocycles. The molecule has 0 aliphatic heterocycles. The van der Waals surface area contributed by atoms with Gasteiger partial charge >= 0.3 is 0 Å². The maximum absolute atomic E-state index is 10.4. The van der Waals surface area contributed by atoms with Crippen molar-refractivity contribution in [2.45, 2.75) is 39.9 Å². The number of rotatable bonds is 6. The van der Waals surface area contributed by atoms with Crippen LogP contribution in [0.15, 0.2) is 24.3 Å². The third-order valence-corrected chi connectivity index (χ3v) is 3.77. The zero-order chi connectivity index (χ0) is 17.9. The Morgan fingerprint density at radius 2 is 1.75 bits per heavy atom. The lowest BCUT2D eigenvalue weighted by Gasteiger charge is -2.22. The van der Waals surface area contributed by atoms with Gasteiger partial charge in [-0.25, -0.2) is 0 Å². The van der Waals surface area contributed by atoms with E-state index in [0.29, 0.717) is 17.2 Å². The fourth-order valence-electron chi connectivity index (χ4n) is 2.86. The minimum atomic E-state index is -0.666. The first-order valence-corrected chi connectivity index (χ1v) is 8.12. The molecule has 0 heterocycles. The Balaban J connectivity index is 2.96. The van der Waals surface area contributed by atoms with Crippen molar-refractivity contribution in [2.75, 3.05) is 14.2 Å². The number of ether oxygens (including phenoxy) is 3. The maximum atomic E-state index is 10.4. The van der Waals surface area contributed by atoms with Crippen LogP contribution in [0.4, 0.5) is 0 Å². The van der Waals surface area contributed by atoms with E-state index >= 15 is 0 Å². The van der Waals surface area contributed by atoms with Crippen molar-refractivity contribution in [3.05, 3.63) is 35.4 Å². The van der Waals surface area contributed by atoms with Crippen LogP contribution >= 0.6 is 0 Å². The summed E-state index contributed by atoms with van der Waals surface area (Å²) in [6.45, 7) is 7.63. The summed E-state index contributed by atoms with van der Waals surface area (Å²) >= 11 is 0. The number of aliphatic hydroxyl groups excluding tert-OH is 1. The van der Waals surface area contributed by atoms with Crippen LogP contribution in [-0.2, 0) is 0 Å². The van der Waals surface area contributed by atoms with Crippen molar-refractivity contribution in [3.8, 4) is 17.2 Å². The number of benzene rings is 2. The quantitative estimate of drug-likeness (QED) is 0.832. The summed E-state index contributed by atoms with van der Waals surface area (Å²) < 4.78 is 17.1. The van der Waals surface area contributed by atoms with E-state index in [9.17, 15) is 5.11 Å². The highest BCUT2D eigenvalue weighted by Crippen LogP contribution is 2.44. The molecule has 4 nitrogen and oxygen atoms in total. The zero-order valence-corrected chi connectivity index (χ0v) is 15.2. The monoisotopic (exact) mass is 330 g/mol. The maximum Gasteiger partial charge on any atom is 0.137 e. The molecule has 130 valence electrons. The zero-order valence-electron chi connectivity index (χ0n) is 15.2. The summed E-state index contributed by atoms with van der Waals surface area (Å²) in [5, 5.41) is 12.2. The molecule has 4 heteroatoms. The van der Waals surface area contributed by atoms with E-state index in [4.69, 9.17) is 14.2 Å². The smallest absolute Gasteiger partial charge is 0.137 e. The molecule has 0 aliphatic carbocycles. The van der Waals surface area contributed by atoms with Gasteiger partial charge in [-0.15, -0.1) is 0 Å². The van der Waals surface area contributed by atoms with Crippen molar-refractivity contribution in [1.29, 1.82) is 0 Å². The van der Waals surface area contributed by atoms with E-state index in [0.717, 1.165) is 21.9 Å². The van der Waals surface area contributed by atoms with Gasteiger partial charge in [-0.3, -0.25) is 0 Å². The van der Waals surface area contributed by atoms with E-state index in [-0.39, 0.29) is 6.10 Å². The van der Waals surface area contributed by atoms with Gasteiger partial charge in [0.25, 0.3) is 0 Å². The molecule has 2 aromatic rings. The largest absolute Gasteiger partial charge is 0.497 e. The Morgan fingerprint density at radius 3 is 2.25 bits per heavy atom. The lowest BCUT2D eigenvalue weighted by molar-refractivity contribution is 0.183. The first kappa shape index (κ1) is 18.1. The van der Waals surface area contributed by atoms with E-state index in [2.05, 4.69) is 0 Å². The predicted molar refractivity (Wildman–Crippen MR) is 98.2 cm³/mol. The normalized spacial score (nSPS) is 12.8. The standard InChI is InChI=1S/C20H26O4/c1-7-8-14-9-15-10-16(22-5)11-17(23-6)19(15)20(24-12(2)3)18(14)13(4)21/h7-13,21H,1-6H3/b8-7-. The van der Waals surface area contributed by atoms with Crippen LogP contribution in [0.3, 0.4) is 0 Å². The molecule has 2 rings (SSSR count). The summed E-state index contributed by atoms with van der Waals surface area (Å²) in [5.41, 5.74) is 1.68. The molecule has 0 aliphatic rings. The summed E-state index contributed by atoms with van der Waals surface area (Å²) in [5.74, 6) is 2.03. The molecule has 2 aromatic carbocycles. The van der Waals surface area contributed by atoms with Gasteiger partial charge in [-0.05, 0) is 50.8 Å². The minimum absolute atomic E-state index is 0.0293. The van der Waals surface area contributed by atoms with Crippen LogP contribution in [0, 0.1) is 0 Å². The average molecular weight is 330 g/mol. The van der Waals surface area contributed by atoms with Crippen molar-refractivity contribution in [3.63, 3.8) is 0 Å². The van der Waals surface area contributed by atoms with E-state index in [1.807, 2.05) is 51.1 Å². The van der Waals surface area contributed by atoms with Crippen molar-refractivity contribution >= 4 is 16.8 Å². The fraction of sp³-hybridized carbons (Fsp3) is 0.400. The van der Waals surface area contributed by atoms with Crippen LogP contribution < -0.4 is 14.2 Å². The number of hydrogen-bond donors (Lipinski definition) is 1. The molecule has 0 amide bonds. The van der Waals surface area contributed by atoms with Crippen molar-refractivity contribution in [1.82, 2.24) is 0 Å². The second-order valence-corrected chi connectivity index (χ2v) is 5.98. The molecule has 0 radical (unpaired) electrons. The first-order valence-electron chi connectivity index (χ1n) is 8.12. The van der Waals surface area contributed by atoms with Crippen molar-refractivity contribution in [2.24, 2.45) is 0 Å². The van der Waals surface area contributed by atoms with Gasteiger partial charge in [0.2, 0.25) is 0 Å². The number of methoxy groups -OCH3 is 2. The van der Waals surface area contributed by atoms with Gasteiger partial charge < -0.3 is 19.3 Å². The summed E-state index contributed by atoms with van der Waals surface area (Å²) in [4.78, 5) is 0. The number of hydrogen-bond acceptors (Lipinski definition) is 4. The topological polar surface area (TPSA) is 47.9 Å². The molecule has 1 N–H and O–H groups in total. The second-order valence-electron chi connectivity index (χ2n) is 5.98. The molecule has 0 bridgehead atoms. The van der Waals surface area contributed by atoms with Gasteiger partial charge in [0.15, 0.2) is 0 Å². The van der Waals surface area contributed by atoms with E-state index < -0.39 is 6.10 Å². The highest BCUT2D eigenvalue weighted by Gasteiger charge is 2.22. The number of aliphatic hydroxyl groups is 1. The fourth-order valence-corrected chi connectivity index (χ4v) is 2.86. The molecule has 0 fully saturated rings. The number of fused-ring (bicyclic) bond motifs is 1. The molecular weight excluding hydrogens is 304 g/mol. The second kappa shape index (κ2) is 7.58. The third-order valence-electron chi connectivity index (χ3n) is 3.77. The summed E-state index contributed by atoms with van der Waals surface area (Å²) in [7, 11) is 3.25. The van der Waals surface area contributed by atoms with Gasteiger partial charge in [-0.2, -0.15) is 0 Å². The lowest BCUT2D eigenvalue weighted by Crippen LogP contribution is -2.11. The van der Waals surface area contributed by atoms with Crippen LogP contribution in [0.25, 0.3) is 16.8 Å². The summed E-state index contributed by atoms with van der Waals surface area (Å²) in [6, 6.07) is 5.80. The van der Waals surface area contributed by atoms with E-state index in [1.54, 1.807) is 21.1 Å². The van der Waals surface area contributed by atoms with Crippen LogP contribution in [0.5, 0.6) is 17.2 Å². The Kier molecular flexibility index (Phi) is 5.73. The molecule has 0 saturated carbocycles. The Labute approximate surface area is 143 Å². The highest BCUT2D eigenvalue weighted by molar-refractivity contribution is 5.98. The minimum Gasteiger partial charge on any atom is -0.497 e. The molecular formula is C20H26O4. The average Bonchev–Trinajstić information content (AvgIpc) is 2.52. The first-order chi connectivity index (χ1) is 11.4. The highest BCUT2D eigenvalue weighted by atomic mass is 16.5. The van der Waals surface area contributed by atoms with Gasteiger partial charge in [-0.1, -0.05) is 12.2 Å². The van der Waals surface area contributed by atoms with Crippen molar-refractivity contribution < 1.29 is 19.3 Å². The Hall–Kier alpha value is -2.20. The van der Waals surface area contributed by atoms with Crippen LogP contribution in [-0.4, -0.2) is 25.4 Å². The lowest BCUT2D eigenvalue weighted by atomic mass is 9.95. The molecule has 24 heavy (non-hydrogen) atoms. The SMILES string of the molecule is C/C=C\c1cc2cc(OC)cc(OC)c2c(OC(C)C)c1C(C)O. The molecule has 1 atom stereocenters. The van der Waals surface area contributed by atoms with Gasteiger partial charge in [0, 0.05) is 11.6 Å². The summed E-state index contributed by atoms with van der Waals surface area (Å²) in [6.07, 6.45) is 3.23. The Bertz CT molecular complexity index is 745. The van der Waals surface area contributed by atoms with Crippen LogP contribution in [0.2, 0.25) is 0 Å². The molecule has 0 spiro atoms. The third kappa shape index (κ3) is 3.49. The van der Waals surface area contributed by atoms with Gasteiger partial charge in [0.1, 0.15) is 17.2 Å². The number of allylic oxidation sites excluding steroid dienone is 1. The molecule has 1 unspecified atom stereocenters. The predicted octanol–water partition coefficient (Wildman–Crippen LogP) is 4.73. The van der Waals surface area contributed by atoms with Crippen LogP contribution in [0.1, 0.15) is 44.9 Å². The van der Waals surface area contributed by atoms with Gasteiger partial charge in [0.05, 0.1) is 31.8 Å². The molecule has 0 aromatic heterocycles.